The zero-order valence-corrected chi connectivity index (χ0v) is 11.8. The van der Waals surface area contributed by atoms with Crippen molar-refractivity contribution in [2.75, 3.05) is 6.54 Å². The lowest BCUT2D eigenvalue weighted by Gasteiger charge is -2.31. The Bertz CT molecular complexity index is 350. The molecule has 0 spiro atoms. The lowest BCUT2D eigenvalue weighted by atomic mass is 9.93. The highest BCUT2D eigenvalue weighted by Crippen LogP contribution is 2.15. The number of nitrogens with one attached hydrogen (secondary N) is 2. The number of aromatic amines is 1. The Hall–Kier alpha value is -0.560. The molecule has 0 aromatic carbocycles. The topological polar surface area (TPSA) is 70.9 Å². The Morgan fingerprint density at radius 2 is 2.19 bits per heavy atom. The quantitative estimate of drug-likeness (QED) is 0.719. The van der Waals surface area contributed by atoms with Crippen LogP contribution in [0, 0.1) is 3.57 Å². The summed E-state index contributed by atoms with van der Waals surface area (Å²) in [5.41, 5.74) is 6.04. The molecule has 0 atom stereocenters. The van der Waals surface area contributed by atoms with Crippen LogP contribution in [0.5, 0.6) is 0 Å². The van der Waals surface area contributed by atoms with Gasteiger partial charge in [0.1, 0.15) is 5.69 Å². The van der Waals surface area contributed by atoms with Crippen molar-refractivity contribution in [2.24, 2.45) is 5.73 Å². The van der Waals surface area contributed by atoms with Crippen LogP contribution in [0.25, 0.3) is 0 Å². The van der Waals surface area contributed by atoms with Gasteiger partial charge in [-0.2, -0.15) is 0 Å². The van der Waals surface area contributed by atoms with Gasteiger partial charge in [0.25, 0.3) is 5.91 Å². The van der Waals surface area contributed by atoms with E-state index in [4.69, 9.17) is 5.73 Å². The van der Waals surface area contributed by atoms with Crippen molar-refractivity contribution in [3.63, 3.8) is 0 Å². The van der Waals surface area contributed by atoms with E-state index in [-0.39, 0.29) is 11.4 Å². The second-order valence-electron chi connectivity index (χ2n) is 3.88. The molecule has 0 saturated carbocycles. The van der Waals surface area contributed by atoms with E-state index in [1.54, 1.807) is 6.20 Å². The number of hydrogen-bond donors (Lipinski definition) is 3. The average molecular weight is 335 g/mol. The molecule has 0 aliphatic rings. The number of carbonyl (C=O) groups is 1. The molecule has 0 unspecified atom stereocenters. The van der Waals surface area contributed by atoms with Crippen molar-refractivity contribution in [1.29, 1.82) is 0 Å². The lowest BCUT2D eigenvalue weighted by Crippen LogP contribution is -2.52. The number of aromatic nitrogens is 1. The van der Waals surface area contributed by atoms with Gasteiger partial charge in [-0.3, -0.25) is 4.79 Å². The number of amides is 1. The Balaban J connectivity index is 2.76. The summed E-state index contributed by atoms with van der Waals surface area (Å²) in [6.45, 7) is 4.54. The molecule has 5 heteroatoms. The normalized spacial score (nSPS) is 11.5. The van der Waals surface area contributed by atoms with Gasteiger partial charge in [0.2, 0.25) is 0 Å². The highest BCUT2D eigenvalue weighted by Gasteiger charge is 2.27. The van der Waals surface area contributed by atoms with Gasteiger partial charge in [-0.25, -0.2) is 0 Å². The van der Waals surface area contributed by atoms with Crippen molar-refractivity contribution in [3.05, 3.63) is 21.5 Å². The maximum Gasteiger partial charge on any atom is 0.268 e. The van der Waals surface area contributed by atoms with Crippen LogP contribution >= 0.6 is 22.6 Å². The fraction of sp³-hybridized carbons (Fsp3) is 0.545. The van der Waals surface area contributed by atoms with Crippen LogP contribution < -0.4 is 11.1 Å². The summed E-state index contributed by atoms with van der Waals surface area (Å²) in [6.07, 6.45) is 3.48. The minimum Gasteiger partial charge on any atom is -0.356 e. The van der Waals surface area contributed by atoms with E-state index in [0.717, 1.165) is 16.4 Å². The summed E-state index contributed by atoms with van der Waals surface area (Å²) < 4.78 is 1.02. The van der Waals surface area contributed by atoms with Crippen molar-refractivity contribution in [1.82, 2.24) is 10.3 Å². The first kappa shape index (κ1) is 13.5. The van der Waals surface area contributed by atoms with E-state index >= 15 is 0 Å². The first-order valence-corrected chi connectivity index (χ1v) is 6.51. The van der Waals surface area contributed by atoms with E-state index in [2.05, 4.69) is 32.9 Å². The number of H-pyrrole nitrogens is 1. The molecular weight excluding hydrogens is 317 g/mol. The third kappa shape index (κ3) is 2.98. The molecule has 90 valence electrons. The molecule has 1 aromatic rings. The van der Waals surface area contributed by atoms with Crippen LogP contribution in [0.4, 0.5) is 0 Å². The predicted octanol–water partition coefficient (Wildman–Crippen LogP) is 1.87. The van der Waals surface area contributed by atoms with E-state index in [9.17, 15) is 4.79 Å². The molecule has 0 aliphatic carbocycles. The van der Waals surface area contributed by atoms with Gasteiger partial charge in [0.05, 0.1) is 5.54 Å². The van der Waals surface area contributed by atoms with Crippen molar-refractivity contribution in [3.8, 4) is 0 Å². The summed E-state index contributed by atoms with van der Waals surface area (Å²) in [6, 6.07) is 1.82. The molecule has 0 fully saturated rings. The van der Waals surface area contributed by atoms with Gasteiger partial charge >= 0.3 is 0 Å². The molecule has 1 aromatic heterocycles. The van der Waals surface area contributed by atoms with E-state index in [0.29, 0.717) is 12.2 Å². The fourth-order valence-corrected chi connectivity index (χ4v) is 2.04. The Labute approximate surface area is 110 Å². The molecule has 1 amide bonds. The van der Waals surface area contributed by atoms with Crippen molar-refractivity contribution in [2.45, 2.75) is 32.2 Å². The maximum absolute atomic E-state index is 11.9. The Morgan fingerprint density at radius 3 is 2.56 bits per heavy atom. The van der Waals surface area contributed by atoms with Gasteiger partial charge in [0.15, 0.2) is 0 Å². The third-order valence-corrected chi connectivity index (χ3v) is 3.64. The Kier molecular flexibility index (Phi) is 4.79. The first-order chi connectivity index (χ1) is 7.56. The van der Waals surface area contributed by atoms with Gasteiger partial charge in [-0.1, -0.05) is 13.8 Å². The zero-order valence-electron chi connectivity index (χ0n) is 9.64. The summed E-state index contributed by atoms with van der Waals surface area (Å²) in [4.78, 5) is 14.9. The number of hydrogen-bond acceptors (Lipinski definition) is 2. The van der Waals surface area contributed by atoms with Crippen LogP contribution in [0.1, 0.15) is 37.2 Å². The van der Waals surface area contributed by atoms with E-state index in [1.165, 1.54) is 0 Å². The molecule has 0 saturated heterocycles. The summed E-state index contributed by atoms with van der Waals surface area (Å²) in [5, 5.41) is 3.01. The van der Waals surface area contributed by atoms with Crippen LogP contribution in [-0.4, -0.2) is 23.0 Å². The summed E-state index contributed by atoms with van der Waals surface area (Å²) in [5.74, 6) is -0.0860. The van der Waals surface area contributed by atoms with Crippen LogP contribution in [0.15, 0.2) is 12.3 Å². The van der Waals surface area contributed by atoms with Crippen LogP contribution in [-0.2, 0) is 0 Å². The molecule has 4 N–H and O–H groups in total. The second kappa shape index (κ2) is 5.67. The fourth-order valence-electron chi connectivity index (χ4n) is 1.57. The average Bonchev–Trinajstić information content (AvgIpc) is 2.73. The summed E-state index contributed by atoms with van der Waals surface area (Å²) in [7, 11) is 0. The molecule has 16 heavy (non-hydrogen) atoms. The monoisotopic (exact) mass is 335 g/mol. The molecular formula is C11H18IN3O. The molecule has 4 nitrogen and oxygen atoms in total. The van der Waals surface area contributed by atoms with E-state index in [1.807, 2.05) is 19.9 Å². The highest BCUT2D eigenvalue weighted by atomic mass is 127. The standard InChI is InChI=1S/C11H18IN3O/c1-3-11(4-2,7-13)15-10(16)9-5-8(12)6-14-9/h5-6,14H,3-4,7,13H2,1-2H3,(H,15,16). The smallest absolute Gasteiger partial charge is 0.268 e. The van der Waals surface area contributed by atoms with Crippen molar-refractivity contribution >= 4 is 28.5 Å². The molecule has 0 bridgehead atoms. The Morgan fingerprint density at radius 1 is 1.56 bits per heavy atom. The molecule has 0 aliphatic heterocycles. The maximum atomic E-state index is 11.9. The van der Waals surface area contributed by atoms with Gasteiger partial charge in [0, 0.05) is 16.3 Å². The molecule has 1 heterocycles. The minimum absolute atomic E-state index is 0.0860. The number of carbonyl (C=O) groups excluding carboxylic acids is 1. The lowest BCUT2D eigenvalue weighted by molar-refractivity contribution is 0.0890. The van der Waals surface area contributed by atoms with Gasteiger partial charge in [-0.15, -0.1) is 0 Å². The van der Waals surface area contributed by atoms with E-state index < -0.39 is 0 Å². The molecule has 1 rings (SSSR count). The van der Waals surface area contributed by atoms with Gasteiger partial charge < -0.3 is 16.0 Å². The minimum atomic E-state index is -0.284. The zero-order chi connectivity index (χ0) is 12.2. The van der Waals surface area contributed by atoms with Crippen LogP contribution in [0.3, 0.4) is 0 Å². The second-order valence-corrected chi connectivity index (χ2v) is 5.12. The molecule has 0 radical (unpaired) electrons. The highest BCUT2D eigenvalue weighted by molar-refractivity contribution is 14.1. The van der Waals surface area contributed by atoms with Crippen LogP contribution in [0.2, 0.25) is 0 Å². The number of nitrogens with two attached hydrogens (primary N) is 1. The number of halogens is 1. The van der Waals surface area contributed by atoms with Crippen molar-refractivity contribution < 1.29 is 4.79 Å². The largest absolute Gasteiger partial charge is 0.356 e. The SMILES string of the molecule is CCC(CC)(CN)NC(=O)c1cc(I)c[nH]1. The number of rotatable bonds is 5. The third-order valence-electron chi connectivity index (χ3n) is 3.02. The predicted molar refractivity (Wildman–Crippen MR) is 73.3 cm³/mol. The summed E-state index contributed by atoms with van der Waals surface area (Å²) >= 11 is 2.16. The van der Waals surface area contributed by atoms with Gasteiger partial charge in [-0.05, 0) is 41.5 Å². The first-order valence-electron chi connectivity index (χ1n) is 5.43.